The Labute approximate surface area is 221 Å². The topological polar surface area (TPSA) is 111 Å². The van der Waals surface area contributed by atoms with Gasteiger partial charge in [0.25, 0.3) is 0 Å². The van der Waals surface area contributed by atoms with Gasteiger partial charge in [0.15, 0.2) is 0 Å². The van der Waals surface area contributed by atoms with Gasteiger partial charge in [0.1, 0.15) is 17.2 Å². The number of aromatic amines is 1. The summed E-state index contributed by atoms with van der Waals surface area (Å²) in [6.07, 6.45) is 2.51. The maximum absolute atomic E-state index is 12.9. The van der Waals surface area contributed by atoms with Crippen LogP contribution in [0.4, 0.5) is 26.7 Å². The molecule has 0 saturated carbocycles. The van der Waals surface area contributed by atoms with Crippen molar-refractivity contribution in [3.63, 3.8) is 0 Å². The molecule has 39 heavy (non-hydrogen) atoms. The number of alkyl halides is 5. The SMILES string of the molecule is CC(C)(C)OC(=O)N1C[C@@H](COC(F)F)C[C@H]1c1ncc(-c2ccc(OS(=O)(=O)C(F)(F)F)c3c2CCC3)[nH]1. The fraction of sp³-hybridized carbons (Fsp3) is 0.583. The van der Waals surface area contributed by atoms with Crippen molar-refractivity contribution >= 4 is 16.2 Å². The van der Waals surface area contributed by atoms with Gasteiger partial charge in [0.05, 0.1) is 24.5 Å². The van der Waals surface area contributed by atoms with Gasteiger partial charge in [-0.15, -0.1) is 0 Å². The molecule has 1 fully saturated rings. The molecule has 2 aromatic rings. The lowest BCUT2D eigenvalue weighted by Gasteiger charge is -2.27. The third kappa shape index (κ3) is 6.45. The highest BCUT2D eigenvalue weighted by Gasteiger charge is 2.49. The lowest BCUT2D eigenvalue weighted by molar-refractivity contribution is -0.137. The van der Waals surface area contributed by atoms with E-state index in [-0.39, 0.29) is 25.3 Å². The molecule has 2 atom stereocenters. The first-order chi connectivity index (χ1) is 18.1. The summed E-state index contributed by atoms with van der Waals surface area (Å²) in [7, 11) is -5.83. The van der Waals surface area contributed by atoms with Crippen LogP contribution in [0.15, 0.2) is 18.3 Å². The average Bonchev–Trinajstić information content (AvgIpc) is 3.54. The van der Waals surface area contributed by atoms with Crippen molar-refractivity contribution < 1.29 is 48.8 Å². The van der Waals surface area contributed by atoms with E-state index in [9.17, 15) is 35.2 Å². The molecule has 15 heteroatoms. The number of ether oxygens (including phenoxy) is 2. The second kappa shape index (κ2) is 10.6. The number of benzene rings is 1. The van der Waals surface area contributed by atoms with Gasteiger partial charge in [-0.25, -0.2) is 9.78 Å². The number of imidazole rings is 1. The standard InChI is InChI=1S/C24H28F5N3O6S/c1-23(2,3)37-22(33)32-11-13(12-36-21(25)26)9-18(32)20-30-10-17(31-20)15-7-8-19(16-6-4-5-14(15)16)38-39(34,35)24(27,28)29/h7-8,10,13,18,21H,4-6,9,11-12H2,1-3H3,(H,30,31)/t13-,18-/m0/s1. The largest absolute Gasteiger partial charge is 0.534 e. The number of aromatic nitrogens is 2. The number of nitrogens with one attached hydrogen (secondary N) is 1. The summed E-state index contributed by atoms with van der Waals surface area (Å²) in [4.78, 5) is 21.9. The molecular weight excluding hydrogens is 553 g/mol. The summed E-state index contributed by atoms with van der Waals surface area (Å²) in [5.74, 6) is -0.416. The molecule has 4 rings (SSSR count). The van der Waals surface area contributed by atoms with Gasteiger partial charge in [-0.05, 0) is 69.7 Å². The Balaban J connectivity index is 1.62. The van der Waals surface area contributed by atoms with Gasteiger partial charge < -0.3 is 18.6 Å². The van der Waals surface area contributed by atoms with E-state index in [0.29, 0.717) is 47.5 Å². The molecule has 1 aliphatic heterocycles. The van der Waals surface area contributed by atoms with E-state index >= 15 is 0 Å². The lowest BCUT2D eigenvalue weighted by Crippen LogP contribution is -2.37. The van der Waals surface area contributed by atoms with E-state index in [1.54, 1.807) is 20.8 Å². The average molecular weight is 582 g/mol. The minimum Gasteiger partial charge on any atom is -0.444 e. The molecule has 216 valence electrons. The van der Waals surface area contributed by atoms with Crippen LogP contribution < -0.4 is 4.18 Å². The Morgan fingerprint density at radius 2 is 1.87 bits per heavy atom. The summed E-state index contributed by atoms with van der Waals surface area (Å²) in [6, 6.07) is 1.98. The fourth-order valence-corrected chi connectivity index (χ4v) is 5.33. The minimum absolute atomic E-state index is 0.109. The summed E-state index contributed by atoms with van der Waals surface area (Å²) in [6.45, 7) is 1.99. The van der Waals surface area contributed by atoms with Gasteiger partial charge in [-0.2, -0.15) is 30.4 Å². The van der Waals surface area contributed by atoms with Crippen LogP contribution in [-0.2, 0) is 32.4 Å². The number of carbonyl (C=O) groups excluding carboxylic acids is 1. The number of carbonyl (C=O) groups is 1. The van der Waals surface area contributed by atoms with Crippen LogP contribution in [0.25, 0.3) is 11.3 Å². The predicted octanol–water partition coefficient (Wildman–Crippen LogP) is 5.33. The molecule has 1 aromatic carbocycles. The molecule has 0 bridgehead atoms. The molecule has 0 radical (unpaired) electrons. The highest BCUT2D eigenvalue weighted by atomic mass is 32.2. The van der Waals surface area contributed by atoms with E-state index in [1.165, 1.54) is 23.2 Å². The Morgan fingerprint density at radius 3 is 2.51 bits per heavy atom. The van der Waals surface area contributed by atoms with Crippen LogP contribution in [-0.4, -0.2) is 60.3 Å². The summed E-state index contributed by atoms with van der Waals surface area (Å²) in [5.41, 5.74) is -4.29. The fourth-order valence-electron chi connectivity index (χ4n) is 4.85. The maximum atomic E-state index is 12.9. The minimum atomic E-state index is -5.83. The third-order valence-corrected chi connectivity index (χ3v) is 7.37. The first-order valence-electron chi connectivity index (χ1n) is 12.2. The highest BCUT2D eigenvalue weighted by molar-refractivity contribution is 7.88. The maximum Gasteiger partial charge on any atom is 0.534 e. The Hall–Kier alpha value is -2.94. The zero-order chi connectivity index (χ0) is 28.8. The smallest absolute Gasteiger partial charge is 0.444 e. The van der Waals surface area contributed by atoms with Crippen LogP contribution >= 0.6 is 0 Å². The molecule has 2 heterocycles. The normalized spacial score (nSPS) is 20.0. The Bertz CT molecular complexity index is 1320. The molecule has 1 aliphatic carbocycles. The molecule has 1 aromatic heterocycles. The first kappa shape index (κ1) is 29.1. The molecule has 9 nitrogen and oxygen atoms in total. The van der Waals surface area contributed by atoms with Crippen molar-refractivity contribution in [2.24, 2.45) is 5.92 Å². The van der Waals surface area contributed by atoms with Gasteiger partial charge >= 0.3 is 28.3 Å². The number of hydrogen-bond acceptors (Lipinski definition) is 7. The Kier molecular flexibility index (Phi) is 7.87. The number of fused-ring (bicyclic) bond motifs is 1. The van der Waals surface area contributed by atoms with E-state index in [2.05, 4.69) is 18.9 Å². The number of likely N-dealkylation sites (tertiary alicyclic amines) is 1. The Morgan fingerprint density at radius 1 is 1.18 bits per heavy atom. The number of hydrogen-bond donors (Lipinski definition) is 1. The van der Waals surface area contributed by atoms with Crippen LogP contribution in [0.1, 0.15) is 56.6 Å². The van der Waals surface area contributed by atoms with Crippen molar-refractivity contribution in [1.29, 1.82) is 0 Å². The molecule has 0 spiro atoms. The van der Waals surface area contributed by atoms with Gasteiger partial charge in [0, 0.05) is 18.0 Å². The second-order valence-corrected chi connectivity index (χ2v) is 12.0. The zero-order valence-electron chi connectivity index (χ0n) is 21.3. The summed E-state index contributed by atoms with van der Waals surface area (Å²) >= 11 is 0. The van der Waals surface area contributed by atoms with Gasteiger partial charge in [0.2, 0.25) is 0 Å². The highest BCUT2D eigenvalue weighted by Crippen LogP contribution is 2.41. The third-order valence-electron chi connectivity index (χ3n) is 6.40. The van der Waals surface area contributed by atoms with Crippen molar-refractivity contribution in [1.82, 2.24) is 14.9 Å². The van der Waals surface area contributed by atoms with E-state index in [1.807, 2.05) is 0 Å². The van der Waals surface area contributed by atoms with Crippen LogP contribution in [0.5, 0.6) is 5.75 Å². The van der Waals surface area contributed by atoms with Crippen molar-refractivity contribution in [2.75, 3.05) is 13.2 Å². The number of rotatable bonds is 7. The number of H-pyrrole nitrogens is 1. The summed E-state index contributed by atoms with van der Waals surface area (Å²) < 4.78 is 101. The molecule has 1 N–H and O–H groups in total. The first-order valence-corrected chi connectivity index (χ1v) is 13.6. The summed E-state index contributed by atoms with van der Waals surface area (Å²) in [5, 5.41) is 0. The van der Waals surface area contributed by atoms with Crippen LogP contribution in [0, 0.1) is 5.92 Å². The second-order valence-electron chi connectivity index (χ2n) is 10.4. The number of amides is 1. The van der Waals surface area contributed by atoms with E-state index < -0.39 is 45.9 Å². The van der Waals surface area contributed by atoms with Crippen LogP contribution in [0.3, 0.4) is 0 Å². The van der Waals surface area contributed by atoms with Crippen molar-refractivity contribution in [3.8, 4) is 17.0 Å². The van der Waals surface area contributed by atoms with E-state index in [4.69, 9.17) is 4.74 Å². The van der Waals surface area contributed by atoms with Gasteiger partial charge in [-0.1, -0.05) is 0 Å². The van der Waals surface area contributed by atoms with Crippen molar-refractivity contribution in [2.45, 2.75) is 70.2 Å². The number of nitrogens with zero attached hydrogens (tertiary/aromatic N) is 2. The van der Waals surface area contributed by atoms with Crippen molar-refractivity contribution in [3.05, 3.63) is 35.3 Å². The van der Waals surface area contributed by atoms with Gasteiger partial charge in [-0.3, -0.25) is 4.90 Å². The monoisotopic (exact) mass is 581 g/mol. The lowest BCUT2D eigenvalue weighted by atomic mass is 10.0. The predicted molar refractivity (Wildman–Crippen MR) is 127 cm³/mol. The number of halogens is 5. The quantitative estimate of drug-likeness (QED) is 0.267. The zero-order valence-corrected chi connectivity index (χ0v) is 22.2. The van der Waals surface area contributed by atoms with Crippen LogP contribution in [0.2, 0.25) is 0 Å². The molecule has 1 amide bonds. The molecular formula is C24H28F5N3O6S. The van der Waals surface area contributed by atoms with E-state index in [0.717, 1.165) is 0 Å². The molecule has 2 aliphatic rings. The molecule has 1 saturated heterocycles. The molecule has 0 unspecified atom stereocenters.